The lowest BCUT2D eigenvalue weighted by molar-refractivity contribution is -0.151. The van der Waals surface area contributed by atoms with Crippen molar-refractivity contribution >= 4 is 25.6 Å². The van der Waals surface area contributed by atoms with Gasteiger partial charge in [0, 0.05) is 0 Å². The Morgan fingerprint density at radius 1 is 0.696 bits per heavy atom. The molecule has 10 heteroatoms. The van der Waals surface area contributed by atoms with Gasteiger partial charge in [0.1, 0.15) is 6.61 Å². The number of sulfone groups is 2. The maximum atomic E-state index is 12.8. The quantitative estimate of drug-likeness (QED) is 0.216. The largest absolute Gasteiger partial charge is 0.464 e. The van der Waals surface area contributed by atoms with Crippen molar-refractivity contribution < 1.29 is 36.2 Å². The molecule has 0 bridgehead atoms. The maximum Gasteiger partial charge on any atom is 0.332 e. The number of aryl methyl sites for hydroxylation is 2. The molecule has 0 saturated carbocycles. The van der Waals surface area contributed by atoms with Crippen LogP contribution in [-0.2, 0) is 46.8 Å². The van der Waals surface area contributed by atoms with Gasteiger partial charge >= 0.3 is 5.97 Å². The number of ether oxygens (including phenoxy) is 2. The first-order valence-electron chi connectivity index (χ1n) is 15.4. The van der Waals surface area contributed by atoms with Crippen molar-refractivity contribution in [2.24, 2.45) is 0 Å². The van der Waals surface area contributed by atoms with E-state index in [1.165, 1.54) is 0 Å². The number of hydrogen-bond donors (Lipinski definition) is 1. The molecule has 2 atom stereocenters. The van der Waals surface area contributed by atoms with Gasteiger partial charge in [0.05, 0.1) is 38.4 Å². The lowest BCUT2D eigenvalue weighted by atomic mass is 9.89. The zero-order valence-corrected chi connectivity index (χ0v) is 27.3. The third-order valence-corrected chi connectivity index (χ3v) is 11.7. The smallest absolute Gasteiger partial charge is 0.332 e. The van der Waals surface area contributed by atoms with Gasteiger partial charge in [-0.25, -0.2) is 21.6 Å². The SMILES string of the molecule is CCOC(=O)COC1CCCc2cc(S(=O)(=O)c3ccccc3)ccc21.O=S(=O)(c1ccccc1)c1ccc2c(c1)CCCC2O. The van der Waals surface area contributed by atoms with Gasteiger partial charge in [-0.05, 0) is 116 Å². The zero-order valence-electron chi connectivity index (χ0n) is 25.7. The predicted octanol–water partition coefficient (Wildman–Crippen LogP) is 6.37. The molecule has 0 radical (unpaired) electrons. The van der Waals surface area contributed by atoms with E-state index in [0.29, 0.717) is 16.4 Å². The number of carbonyl (C=O) groups is 1. The molecule has 2 aliphatic rings. The average molecular weight is 663 g/mol. The van der Waals surface area contributed by atoms with Crippen molar-refractivity contribution in [1.29, 1.82) is 0 Å². The minimum atomic E-state index is -3.54. The molecule has 1 N–H and O–H groups in total. The van der Waals surface area contributed by atoms with Crippen LogP contribution in [0.4, 0.5) is 0 Å². The molecule has 2 aliphatic carbocycles. The van der Waals surface area contributed by atoms with Gasteiger partial charge in [0.25, 0.3) is 0 Å². The summed E-state index contributed by atoms with van der Waals surface area (Å²) in [7, 11) is -7.01. The summed E-state index contributed by atoms with van der Waals surface area (Å²) in [4.78, 5) is 12.7. The Morgan fingerprint density at radius 3 is 1.74 bits per heavy atom. The van der Waals surface area contributed by atoms with Gasteiger partial charge in [-0.3, -0.25) is 0 Å². The molecular weight excluding hydrogens is 625 g/mol. The second-order valence-corrected chi connectivity index (χ2v) is 15.2. The number of benzene rings is 4. The van der Waals surface area contributed by atoms with Crippen molar-refractivity contribution in [3.8, 4) is 0 Å². The molecule has 46 heavy (non-hydrogen) atoms. The van der Waals surface area contributed by atoms with Crippen LogP contribution in [0.1, 0.15) is 67.1 Å². The molecule has 0 saturated heterocycles. The van der Waals surface area contributed by atoms with Crippen LogP contribution in [0.25, 0.3) is 0 Å². The molecule has 0 fully saturated rings. The average Bonchev–Trinajstić information content (AvgIpc) is 3.08. The van der Waals surface area contributed by atoms with Crippen molar-refractivity contribution in [2.45, 2.75) is 77.2 Å². The fraction of sp³-hybridized carbons (Fsp3) is 0.306. The standard InChI is InChI=1S/C20H22O5S.C16H16O3S/c1-2-24-20(21)14-25-19-10-6-7-15-13-17(11-12-18(15)19)26(22,23)16-8-4-3-5-9-16;17-16-8-4-5-12-11-14(9-10-15(12)16)20(18,19)13-6-2-1-3-7-13/h3-5,8-9,11-13,19H,2,6-7,10,14H2,1H3;1-3,6-7,9-11,16-17H,4-5,8H2. The zero-order chi connectivity index (χ0) is 32.7. The van der Waals surface area contributed by atoms with E-state index in [4.69, 9.17) is 9.47 Å². The molecule has 0 aliphatic heterocycles. The topological polar surface area (TPSA) is 124 Å². The number of aliphatic hydroxyl groups is 1. The molecule has 242 valence electrons. The van der Waals surface area contributed by atoms with Crippen molar-refractivity contribution in [3.63, 3.8) is 0 Å². The highest BCUT2D eigenvalue weighted by Crippen LogP contribution is 2.35. The number of esters is 1. The third-order valence-electron chi connectivity index (χ3n) is 8.21. The Labute approximate surface area is 270 Å². The van der Waals surface area contributed by atoms with Gasteiger partial charge in [0.2, 0.25) is 19.7 Å². The Balaban J connectivity index is 0.000000187. The minimum absolute atomic E-state index is 0.0952. The number of rotatable bonds is 8. The van der Waals surface area contributed by atoms with E-state index in [1.54, 1.807) is 104 Å². The van der Waals surface area contributed by atoms with Crippen LogP contribution >= 0.6 is 0 Å². The number of aliphatic hydroxyl groups excluding tert-OH is 1. The van der Waals surface area contributed by atoms with Crippen molar-refractivity contribution in [3.05, 3.63) is 119 Å². The van der Waals surface area contributed by atoms with E-state index in [1.807, 2.05) is 0 Å². The van der Waals surface area contributed by atoms with Crippen LogP contribution in [0.15, 0.2) is 117 Å². The lowest BCUT2D eigenvalue weighted by Gasteiger charge is -2.26. The van der Waals surface area contributed by atoms with Gasteiger partial charge in [-0.1, -0.05) is 48.5 Å². The molecule has 0 heterocycles. The van der Waals surface area contributed by atoms with Crippen LogP contribution < -0.4 is 0 Å². The molecular formula is C36H38O8S2. The second-order valence-electron chi connectivity index (χ2n) is 11.3. The predicted molar refractivity (Wildman–Crippen MR) is 173 cm³/mol. The van der Waals surface area contributed by atoms with Crippen molar-refractivity contribution in [2.75, 3.05) is 13.2 Å². The van der Waals surface area contributed by atoms with E-state index < -0.39 is 25.8 Å². The highest BCUT2D eigenvalue weighted by Gasteiger charge is 2.26. The Bertz CT molecular complexity index is 1870. The monoisotopic (exact) mass is 662 g/mol. The molecule has 6 rings (SSSR count). The molecule has 0 spiro atoms. The number of fused-ring (bicyclic) bond motifs is 2. The van der Waals surface area contributed by atoms with E-state index in [-0.39, 0.29) is 28.5 Å². The van der Waals surface area contributed by atoms with Gasteiger partial charge in [0.15, 0.2) is 0 Å². The Hall–Kier alpha value is -3.83. The molecule has 0 amide bonds. The highest BCUT2D eigenvalue weighted by atomic mass is 32.2. The Kier molecular flexibility index (Phi) is 10.7. The fourth-order valence-corrected chi connectivity index (χ4v) is 8.53. The van der Waals surface area contributed by atoms with Crippen LogP contribution in [0.3, 0.4) is 0 Å². The summed E-state index contributed by atoms with van der Waals surface area (Å²) in [5.41, 5.74) is 3.72. The highest BCUT2D eigenvalue weighted by molar-refractivity contribution is 7.91. The van der Waals surface area contributed by atoms with E-state index in [2.05, 4.69) is 0 Å². The van der Waals surface area contributed by atoms with Gasteiger partial charge in [-0.15, -0.1) is 0 Å². The summed E-state index contributed by atoms with van der Waals surface area (Å²) in [6.07, 6.45) is 4.27. The van der Waals surface area contributed by atoms with Crippen molar-refractivity contribution in [1.82, 2.24) is 0 Å². The Morgan fingerprint density at radius 2 is 1.20 bits per heavy atom. The molecule has 0 aromatic heterocycles. The van der Waals surface area contributed by atoms with Crippen LogP contribution in [0.2, 0.25) is 0 Å². The second kappa shape index (κ2) is 14.7. The molecule has 4 aromatic rings. The van der Waals surface area contributed by atoms with Gasteiger partial charge < -0.3 is 14.6 Å². The first-order chi connectivity index (χ1) is 22.1. The summed E-state index contributed by atoms with van der Waals surface area (Å²) < 4.78 is 61.3. The first kappa shape index (κ1) is 33.5. The van der Waals surface area contributed by atoms with E-state index in [0.717, 1.165) is 60.8 Å². The molecule has 2 unspecified atom stereocenters. The summed E-state index contributed by atoms with van der Waals surface area (Å²) in [6.45, 7) is 1.98. The van der Waals surface area contributed by atoms with Gasteiger partial charge in [-0.2, -0.15) is 0 Å². The number of carbonyl (C=O) groups excluding carboxylic acids is 1. The minimum Gasteiger partial charge on any atom is -0.464 e. The van der Waals surface area contributed by atoms with Crippen LogP contribution in [0, 0.1) is 0 Å². The maximum absolute atomic E-state index is 12.8. The molecule has 8 nitrogen and oxygen atoms in total. The lowest BCUT2D eigenvalue weighted by Crippen LogP contribution is -2.19. The third kappa shape index (κ3) is 7.58. The molecule has 4 aromatic carbocycles. The first-order valence-corrected chi connectivity index (χ1v) is 18.4. The fourth-order valence-electron chi connectivity index (χ4n) is 5.86. The van der Waals surface area contributed by atoms with E-state index >= 15 is 0 Å². The van der Waals surface area contributed by atoms with E-state index in [9.17, 15) is 26.7 Å². The summed E-state index contributed by atoms with van der Waals surface area (Å²) in [6, 6.07) is 27.0. The summed E-state index contributed by atoms with van der Waals surface area (Å²) in [5, 5.41) is 9.92. The summed E-state index contributed by atoms with van der Waals surface area (Å²) in [5.74, 6) is -0.386. The van der Waals surface area contributed by atoms with Crippen LogP contribution in [0.5, 0.6) is 0 Å². The van der Waals surface area contributed by atoms with Crippen LogP contribution in [-0.4, -0.2) is 41.1 Å². The number of hydrogen-bond acceptors (Lipinski definition) is 8. The normalized spacial score (nSPS) is 17.5. The summed E-state index contributed by atoms with van der Waals surface area (Å²) >= 11 is 0.